The number of hydrogen-bond donors (Lipinski definition) is 1. The first-order valence-corrected chi connectivity index (χ1v) is 16.6. The zero-order chi connectivity index (χ0) is 33.1. The van der Waals surface area contributed by atoms with Crippen molar-refractivity contribution in [2.24, 2.45) is 0 Å². The number of amides is 3. The molecule has 1 aliphatic carbocycles. The third-order valence-electron chi connectivity index (χ3n) is 9.24. The van der Waals surface area contributed by atoms with E-state index in [1.54, 1.807) is 25.7 Å². The Morgan fingerprint density at radius 3 is 2.00 bits per heavy atom. The molecule has 9 nitrogen and oxygen atoms in total. The molecule has 3 amide bonds. The summed E-state index contributed by atoms with van der Waals surface area (Å²) in [5.41, 5.74) is 4.71. The minimum Gasteiger partial charge on any atom is -0.458 e. The molecule has 0 spiro atoms. The minimum absolute atomic E-state index is 0.0903. The highest BCUT2D eigenvalue weighted by atomic mass is 16.6. The molecule has 0 bridgehead atoms. The van der Waals surface area contributed by atoms with E-state index in [-0.39, 0.29) is 24.9 Å². The van der Waals surface area contributed by atoms with Crippen LogP contribution in [0.4, 0.5) is 4.79 Å². The summed E-state index contributed by atoms with van der Waals surface area (Å²) in [5.74, 6) is -1.27. The number of ether oxygens (including phenoxy) is 2. The van der Waals surface area contributed by atoms with Crippen LogP contribution in [0.2, 0.25) is 0 Å². The second kappa shape index (κ2) is 13.6. The number of nitrogens with one attached hydrogen (secondary N) is 1. The van der Waals surface area contributed by atoms with Crippen molar-refractivity contribution >= 4 is 23.9 Å². The molecule has 3 aliphatic rings. The lowest BCUT2D eigenvalue weighted by molar-refractivity contribution is -0.163. The molecule has 2 heterocycles. The van der Waals surface area contributed by atoms with E-state index in [0.717, 1.165) is 27.8 Å². The molecule has 1 N–H and O–H groups in total. The summed E-state index contributed by atoms with van der Waals surface area (Å²) in [5, 5.41) is 2.97. The summed E-state index contributed by atoms with van der Waals surface area (Å²) in [7, 11) is 0. The smallest absolute Gasteiger partial charge is 0.410 e. The molecular formula is C38H43N3O6. The number of esters is 1. The first kappa shape index (κ1) is 32.3. The molecule has 0 saturated carbocycles. The summed E-state index contributed by atoms with van der Waals surface area (Å²) < 4.78 is 11.5. The highest BCUT2D eigenvalue weighted by molar-refractivity contribution is 5.94. The van der Waals surface area contributed by atoms with Crippen molar-refractivity contribution in [2.45, 2.75) is 82.5 Å². The summed E-state index contributed by atoms with van der Waals surface area (Å²) >= 11 is 0. The fourth-order valence-electron chi connectivity index (χ4n) is 7.10. The van der Waals surface area contributed by atoms with Gasteiger partial charge in [-0.2, -0.15) is 0 Å². The zero-order valence-corrected chi connectivity index (χ0v) is 27.3. The number of fused-ring (bicyclic) bond motifs is 3. The largest absolute Gasteiger partial charge is 0.458 e. The van der Waals surface area contributed by atoms with Crippen LogP contribution in [0.1, 0.15) is 69.1 Å². The summed E-state index contributed by atoms with van der Waals surface area (Å²) in [6.45, 7) is 6.35. The molecule has 6 rings (SSSR count). The Morgan fingerprint density at radius 2 is 1.36 bits per heavy atom. The van der Waals surface area contributed by atoms with E-state index >= 15 is 0 Å². The number of carbonyl (C=O) groups is 4. The Bertz CT molecular complexity index is 1590. The molecule has 2 fully saturated rings. The van der Waals surface area contributed by atoms with Crippen molar-refractivity contribution in [1.82, 2.24) is 15.1 Å². The SMILES string of the molecule is CC(C)(C)OC(=O)[C@@H]1CCCN1C(=O)[C@H](Cc1ccccc1)NC(=O)[C@@H]1CCCN1C(=O)OCC1c2ccccc2-c2ccccc21. The molecule has 0 unspecified atom stereocenters. The van der Waals surface area contributed by atoms with Crippen LogP contribution < -0.4 is 5.32 Å². The topological polar surface area (TPSA) is 105 Å². The van der Waals surface area contributed by atoms with Gasteiger partial charge in [0.2, 0.25) is 11.8 Å². The normalized spacial score (nSPS) is 19.6. The maximum absolute atomic E-state index is 14.0. The number of likely N-dealkylation sites (tertiary alicyclic amines) is 2. The van der Waals surface area contributed by atoms with Crippen molar-refractivity contribution in [3.63, 3.8) is 0 Å². The van der Waals surface area contributed by atoms with Gasteiger partial charge in [0.05, 0.1) is 0 Å². The summed E-state index contributed by atoms with van der Waals surface area (Å²) in [6.07, 6.45) is 1.99. The lowest BCUT2D eigenvalue weighted by Crippen LogP contribution is -2.56. The molecule has 2 aliphatic heterocycles. The second-order valence-corrected chi connectivity index (χ2v) is 13.6. The Kier molecular flexibility index (Phi) is 9.34. The van der Waals surface area contributed by atoms with E-state index in [1.807, 2.05) is 54.6 Å². The third-order valence-corrected chi connectivity index (χ3v) is 9.24. The average molecular weight is 638 g/mol. The van der Waals surface area contributed by atoms with Gasteiger partial charge in [0.1, 0.15) is 30.3 Å². The van der Waals surface area contributed by atoms with Gasteiger partial charge in [0.25, 0.3) is 0 Å². The first-order chi connectivity index (χ1) is 22.6. The minimum atomic E-state index is -0.919. The number of hydrogen-bond acceptors (Lipinski definition) is 6. The van der Waals surface area contributed by atoms with E-state index in [2.05, 4.69) is 29.6 Å². The van der Waals surface area contributed by atoms with Gasteiger partial charge in [0.15, 0.2) is 0 Å². The first-order valence-electron chi connectivity index (χ1n) is 16.6. The Hall–Kier alpha value is -4.66. The zero-order valence-electron chi connectivity index (χ0n) is 27.3. The summed E-state index contributed by atoms with van der Waals surface area (Å²) in [4.78, 5) is 57.4. The standard InChI is InChI=1S/C38H43N3O6/c1-38(2,3)47-36(44)33-20-12-21-40(33)35(43)31(23-25-13-5-4-6-14-25)39-34(42)32-19-11-22-41(32)37(45)46-24-30-28-17-9-7-15-26(28)27-16-8-10-18-29(27)30/h4-10,13-18,30-33H,11-12,19-24H2,1-3H3,(H,39,42)/t31-,32-,33-/m0/s1. The molecule has 3 atom stereocenters. The van der Waals surface area contributed by atoms with Crippen molar-refractivity contribution in [1.29, 1.82) is 0 Å². The van der Waals surface area contributed by atoms with E-state index in [0.29, 0.717) is 38.8 Å². The number of rotatable bonds is 8. The number of carbonyl (C=O) groups excluding carboxylic acids is 4. The molecule has 47 heavy (non-hydrogen) atoms. The van der Waals surface area contributed by atoms with Gasteiger partial charge in [0, 0.05) is 25.4 Å². The lowest BCUT2D eigenvalue weighted by Gasteiger charge is -2.31. The number of benzene rings is 3. The van der Waals surface area contributed by atoms with Crippen LogP contribution in [-0.4, -0.2) is 77.1 Å². The average Bonchev–Trinajstić information content (AvgIpc) is 3.81. The molecular weight excluding hydrogens is 594 g/mol. The van der Waals surface area contributed by atoms with Crippen molar-refractivity contribution < 1.29 is 28.7 Å². The predicted octanol–water partition coefficient (Wildman–Crippen LogP) is 5.46. The highest BCUT2D eigenvalue weighted by Gasteiger charge is 2.42. The molecule has 0 aromatic heterocycles. The number of nitrogens with zero attached hydrogens (tertiary/aromatic N) is 2. The van der Waals surface area contributed by atoms with Gasteiger partial charge in [-0.3, -0.25) is 14.5 Å². The van der Waals surface area contributed by atoms with Crippen LogP contribution in [0.5, 0.6) is 0 Å². The van der Waals surface area contributed by atoms with Gasteiger partial charge in [-0.1, -0.05) is 78.9 Å². The molecule has 2 saturated heterocycles. The van der Waals surface area contributed by atoms with Gasteiger partial charge < -0.3 is 19.7 Å². The van der Waals surface area contributed by atoms with Crippen LogP contribution in [0.25, 0.3) is 11.1 Å². The molecule has 3 aromatic rings. The lowest BCUT2D eigenvalue weighted by atomic mass is 9.98. The van der Waals surface area contributed by atoms with Crippen LogP contribution in [0, 0.1) is 0 Å². The maximum atomic E-state index is 14.0. The fourth-order valence-corrected chi connectivity index (χ4v) is 7.10. The molecule has 246 valence electrons. The second-order valence-electron chi connectivity index (χ2n) is 13.6. The highest BCUT2D eigenvalue weighted by Crippen LogP contribution is 2.44. The van der Waals surface area contributed by atoms with E-state index < -0.39 is 41.7 Å². The quantitative estimate of drug-likeness (QED) is 0.329. The monoisotopic (exact) mass is 637 g/mol. The third kappa shape index (κ3) is 7.04. The predicted molar refractivity (Wildman–Crippen MR) is 177 cm³/mol. The Labute approximate surface area is 276 Å². The molecule has 3 aromatic carbocycles. The fraction of sp³-hybridized carbons (Fsp3) is 0.421. The Morgan fingerprint density at radius 1 is 0.787 bits per heavy atom. The molecule has 0 radical (unpaired) electrons. The molecule has 9 heteroatoms. The van der Waals surface area contributed by atoms with Crippen LogP contribution in [0.3, 0.4) is 0 Å². The Balaban J connectivity index is 1.15. The van der Waals surface area contributed by atoms with Crippen LogP contribution in [-0.2, 0) is 30.3 Å². The van der Waals surface area contributed by atoms with Gasteiger partial charge >= 0.3 is 12.1 Å². The van der Waals surface area contributed by atoms with E-state index in [4.69, 9.17) is 9.47 Å². The van der Waals surface area contributed by atoms with Crippen molar-refractivity contribution in [3.05, 3.63) is 95.6 Å². The summed E-state index contributed by atoms with van der Waals surface area (Å²) in [6, 6.07) is 23.4. The van der Waals surface area contributed by atoms with Gasteiger partial charge in [-0.25, -0.2) is 9.59 Å². The van der Waals surface area contributed by atoms with E-state index in [9.17, 15) is 19.2 Å². The van der Waals surface area contributed by atoms with Crippen molar-refractivity contribution in [3.8, 4) is 11.1 Å². The van der Waals surface area contributed by atoms with E-state index in [1.165, 1.54) is 4.90 Å². The van der Waals surface area contributed by atoms with Crippen LogP contribution in [0.15, 0.2) is 78.9 Å². The van der Waals surface area contributed by atoms with Crippen LogP contribution >= 0.6 is 0 Å². The van der Waals surface area contributed by atoms with Gasteiger partial charge in [-0.15, -0.1) is 0 Å². The van der Waals surface area contributed by atoms with Crippen molar-refractivity contribution in [2.75, 3.05) is 19.7 Å². The van der Waals surface area contributed by atoms with Gasteiger partial charge in [-0.05, 0) is 74.3 Å². The maximum Gasteiger partial charge on any atom is 0.410 e.